The number of ether oxygens (including phenoxy) is 1. The molecule has 0 saturated carbocycles. The molecule has 0 fully saturated rings. The van der Waals surface area contributed by atoms with E-state index in [0.29, 0.717) is 23.9 Å². The monoisotopic (exact) mass is 339 g/mol. The molecular weight excluding hydrogens is 322 g/mol. The van der Waals surface area contributed by atoms with Crippen LogP contribution < -0.4 is 15.4 Å². The quantitative estimate of drug-likeness (QED) is 0.711. The van der Waals surface area contributed by atoms with Crippen molar-refractivity contribution >= 4 is 17.5 Å². The van der Waals surface area contributed by atoms with Crippen molar-refractivity contribution in [2.75, 3.05) is 12.4 Å². The van der Waals surface area contributed by atoms with Gasteiger partial charge in [0.2, 0.25) is 0 Å². The zero-order chi connectivity index (χ0) is 17.6. The number of methoxy groups -OCH3 is 1. The van der Waals surface area contributed by atoms with Gasteiger partial charge in [-0.25, -0.2) is 9.97 Å². The maximum atomic E-state index is 12.2. The fourth-order valence-electron chi connectivity index (χ4n) is 2.18. The number of amides is 1. The molecule has 3 aromatic rings. The van der Waals surface area contributed by atoms with E-state index >= 15 is 0 Å². The first-order valence-corrected chi connectivity index (χ1v) is 7.58. The minimum atomic E-state index is -0.317. The average molecular weight is 339 g/mol. The van der Waals surface area contributed by atoms with Crippen LogP contribution in [0.25, 0.3) is 0 Å². The molecule has 2 N–H and O–H groups in total. The summed E-state index contributed by atoms with van der Waals surface area (Å²) in [6, 6.07) is 9.22. The standard InChI is InChI=1S/C17H17N5O3/c1-11-7-15(22-25-11)21-16-10-18-13(9-19-16)17(23)20-8-12-5-3-4-6-14(12)24-2/h3-7,9-10H,8H2,1-2H3,(H,20,23)(H,19,21,22). The second-order valence-corrected chi connectivity index (χ2v) is 5.23. The third kappa shape index (κ3) is 4.11. The number of carbonyl (C=O) groups excluding carboxylic acids is 1. The van der Waals surface area contributed by atoms with Gasteiger partial charge in [0.25, 0.3) is 5.91 Å². The number of aryl methyl sites for hydroxylation is 1. The number of nitrogens with zero attached hydrogens (tertiary/aromatic N) is 3. The molecular formula is C17H17N5O3. The minimum Gasteiger partial charge on any atom is -0.496 e. The molecule has 2 aromatic heterocycles. The van der Waals surface area contributed by atoms with Crippen molar-refractivity contribution in [2.45, 2.75) is 13.5 Å². The summed E-state index contributed by atoms with van der Waals surface area (Å²) in [5.74, 6) is 2.08. The van der Waals surface area contributed by atoms with Crippen LogP contribution in [-0.2, 0) is 6.54 Å². The van der Waals surface area contributed by atoms with Gasteiger partial charge in [-0.15, -0.1) is 0 Å². The lowest BCUT2D eigenvalue weighted by molar-refractivity contribution is 0.0945. The van der Waals surface area contributed by atoms with Crippen molar-refractivity contribution in [3.8, 4) is 5.75 Å². The van der Waals surface area contributed by atoms with Crippen molar-refractivity contribution < 1.29 is 14.1 Å². The van der Waals surface area contributed by atoms with Gasteiger partial charge in [-0.3, -0.25) is 4.79 Å². The summed E-state index contributed by atoms with van der Waals surface area (Å²) in [4.78, 5) is 20.5. The van der Waals surface area contributed by atoms with Crippen molar-refractivity contribution in [1.29, 1.82) is 0 Å². The van der Waals surface area contributed by atoms with Crippen molar-refractivity contribution in [3.63, 3.8) is 0 Å². The van der Waals surface area contributed by atoms with E-state index in [4.69, 9.17) is 9.26 Å². The molecule has 2 heterocycles. The zero-order valence-electron chi connectivity index (χ0n) is 13.8. The summed E-state index contributed by atoms with van der Waals surface area (Å²) in [5, 5.41) is 9.53. The third-order valence-electron chi connectivity index (χ3n) is 3.40. The fourth-order valence-corrected chi connectivity index (χ4v) is 2.18. The predicted octanol–water partition coefficient (Wildman–Crippen LogP) is 2.46. The lowest BCUT2D eigenvalue weighted by Crippen LogP contribution is -2.24. The Morgan fingerprint density at radius 1 is 1.20 bits per heavy atom. The summed E-state index contributed by atoms with van der Waals surface area (Å²) in [5.41, 5.74) is 1.10. The van der Waals surface area contributed by atoms with Crippen LogP contribution >= 0.6 is 0 Å². The van der Waals surface area contributed by atoms with E-state index in [9.17, 15) is 4.79 Å². The molecule has 128 valence electrons. The van der Waals surface area contributed by atoms with Crippen molar-refractivity contribution in [3.05, 3.63) is 59.7 Å². The van der Waals surface area contributed by atoms with Gasteiger partial charge in [-0.05, 0) is 13.0 Å². The normalized spacial score (nSPS) is 10.3. The topological polar surface area (TPSA) is 102 Å². The van der Waals surface area contributed by atoms with E-state index in [2.05, 4.69) is 25.8 Å². The van der Waals surface area contributed by atoms with Gasteiger partial charge in [0.1, 0.15) is 23.0 Å². The molecule has 8 heteroatoms. The molecule has 1 amide bonds. The first-order chi connectivity index (χ1) is 12.2. The van der Waals surface area contributed by atoms with Crippen LogP contribution in [0.15, 0.2) is 47.2 Å². The Kier molecular flexibility index (Phi) is 4.89. The zero-order valence-corrected chi connectivity index (χ0v) is 13.8. The Labute approximate surface area is 144 Å². The highest BCUT2D eigenvalue weighted by molar-refractivity contribution is 5.92. The van der Waals surface area contributed by atoms with Crippen LogP contribution in [0.2, 0.25) is 0 Å². The fraction of sp³-hybridized carbons (Fsp3) is 0.176. The highest BCUT2D eigenvalue weighted by Crippen LogP contribution is 2.17. The molecule has 0 aliphatic carbocycles. The van der Waals surface area contributed by atoms with Crippen LogP contribution in [-0.4, -0.2) is 28.1 Å². The molecule has 0 aliphatic rings. The molecule has 25 heavy (non-hydrogen) atoms. The summed E-state index contributed by atoms with van der Waals surface area (Å²) in [6.45, 7) is 2.13. The number of aromatic nitrogens is 3. The summed E-state index contributed by atoms with van der Waals surface area (Å²) in [6.07, 6.45) is 2.86. The highest BCUT2D eigenvalue weighted by Gasteiger charge is 2.10. The summed E-state index contributed by atoms with van der Waals surface area (Å²) >= 11 is 0. The largest absolute Gasteiger partial charge is 0.496 e. The summed E-state index contributed by atoms with van der Waals surface area (Å²) < 4.78 is 10.2. The molecule has 3 rings (SSSR count). The lowest BCUT2D eigenvalue weighted by atomic mass is 10.2. The molecule has 1 aromatic carbocycles. The van der Waals surface area contributed by atoms with Crippen LogP contribution in [0.1, 0.15) is 21.8 Å². The Bertz CT molecular complexity index is 861. The number of hydrogen-bond donors (Lipinski definition) is 2. The number of rotatable bonds is 6. The maximum absolute atomic E-state index is 12.2. The Morgan fingerprint density at radius 3 is 2.72 bits per heavy atom. The van der Waals surface area contributed by atoms with Gasteiger partial charge in [0, 0.05) is 18.2 Å². The van der Waals surface area contributed by atoms with Crippen LogP contribution in [0, 0.1) is 6.92 Å². The van der Waals surface area contributed by atoms with Crippen molar-refractivity contribution in [1.82, 2.24) is 20.4 Å². The molecule has 0 aliphatic heterocycles. The van der Waals surface area contributed by atoms with E-state index in [1.807, 2.05) is 24.3 Å². The molecule has 0 spiro atoms. The molecule has 8 nitrogen and oxygen atoms in total. The van der Waals surface area contributed by atoms with E-state index in [1.165, 1.54) is 12.4 Å². The van der Waals surface area contributed by atoms with Crippen LogP contribution in [0.3, 0.4) is 0 Å². The molecule has 0 unspecified atom stereocenters. The van der Waals surface area contributed by atoms with Gasteiger partial charge < -0.3 is 19.9 Å². The van der Waals surface area contributed by atoms with Gasteiger partial charge in [-0.1, -0.05) is 23.4 Å². The lowest BCUT2D eigenvalue weighted by Gasteiger charge is -2.09. The second-order valence-electron chi connectivity index (χ2n) is 5.23. The van der Waals surface area contributed by atoms with Crippen LogP contribution in [0.5, 0.6) is 5.75 Å². The first-order valence-electron chi connectivity index (χ1n) is 7.58. The Morgan fingerprint density at radius 2 is 2.04 bits per heavy atom. The predicted molar refractivity (Wildman–Crippen MR) is 90.7 cm³/mol. The number of benzene rings is 1. The summed E-state index contributed by atoms with van der Waals surface area (Å²) in [7, 11) is 1.59. The number of anilines is 2. The van der Waals surface area contributed by atoms with Gasteiger partial charge in [0.05, 0.1) is 19.5 Å². The van der Waals surface area contributed by atoms with E-state index in [1.54, 1.807) is 20.1 Å². The highest BCUT2D eigenvalue weighted by atomic mass is 16.5. The average Bonchev–Trinajstić information content (AvgIpc) is 3.05. The Balaban J connectivity index is 1.60. The number of carbonyl (C=O) groups is 1. The molecule has 0 bridgehead atoms. The Hall–Kier alpha value is -3.42. The van der Waals surface area contributed by atoms with Crippen molar-refractivity contribution in [2.24, 2.45) is 0 Å². The maximum Gasteiger partial charge on any atom is 0.271 e. The second kappa shape index (κ2) is 7.43. The molecule has 0 saturated heterocycles. The smallest absolute Gasteiger partial charge is 0.271 e. The number of hydrogen-bond acceptors (Lipinski definition) is 7. The number of para-hydroxylation sites is 1. The van der Waals surface area contributed by atoms with Gasteiger partial charge in [-0.2, -0.15) is 0 Å². The van der Waals surface area contributed by atoms with E-state index in [-0.39, 0.29) is 11.6 Å². The van der Waals surface area contributed by atoms with Gasteiger partial charge >= 0.3 is 0 Å². The molecule has 0 radical (unpaired) electrons. The third-order valence-corrected chi connectivity index (χ3v) is 3.40. The number of nitrogens with one attached hydrogen (secondary N) is 2. The van der Waals surface area contributed by atoms with Crippen LogP contribution in [0.4, 0.5) is 11.6 Å². The first kappa shape index (κ1) is 16.4. The van der Waals surface area contributed by atoms with Gasteiger partial charge in [0.15, 0.2) is 5.82 Å². The van der Waals surface area contributed by atoms with E-state index in [0.717, 1.165) is 11.3 Å². The molecule has 0 atom stereocenters. The minimum absolute atomic E-state index is 0.219. The van der Waals surface area contributed by atoms with E-state index < -0.39 is 0 Å². The SMILES string of the molecule is COc1ccccc1CNC(=O)c1cnc(Nc2cc(C)on2)cn1.